The summed E-state index contributed by atoms with van der Waals surface area (Å²) in [4.78, 5) is 11.1. The molecule has 0 atom stereocenters. The van der Waals surface area contributed by atoms with E-state index in [9.17, 15) is 4.79 Å². The Balaban J connectivity index is 2.52. The molecule has 0 unspecified atom stereocenters. The van der Waals surface area contributed by atoms with E-state index in [2.05, 4.69) is 15.9 Å². The van der Waals surface area contributed by atoms with E-state index in [0.717, 1.165) is 14.9 Å². The fourth-order valence-corrected chi connectivity index (χ4v) is 3.13. The average Bonchev–Trinajstić information content (AvgIpc) is 2.60. The lowest BCUT2D eigenvalue weighted by molar-refractivity contribution is 0.0702. The third kappa shape index (κ3) is 2.29. The molecule has 1 aromatic heterocycles. The molecular weight excluding hydrogens is 312 g/mol. The van der Waals surface area contributed by atoms with Crippen LogP contribution in [0.3, 0.4) is 0 Å². The maximum absolute atomic E-state index is 10.8. The van der Waals surface area contributed by atoms with Crippen molar-refractivity contribution in [1.29, 1.82) is 0 Å². The minimum atomic E-state index is -0.918. The van der Waals surface area contributed by atoms with Gasteiger partial charge in [-0.1, -0.05) is 23.7 Å². The lowest BCUT2D eigenvalue weighted by atomic mass is 10.1. The van der Waals surface area contributed by atoms with Crippen LogP contribution in [0.5, 0.6) is 0 Å². The Morgan fingerprint density at radius 2 is 2.12 bits per heavy atom. The number of carboxylic acid groups (broad SMARTS) is 1. The number of rotatable bonds is 2. The largest absolute Gasteiger partial charge is 0.477 e. The van der Waals surface area contributed by atoms with Crippen LogP contribution in [0.2, 0.25) is 5.02 Å². The van der Waals surface area contributed by atoms with Gasteiger partial charge in [-0.15, -0.1) is 11.3 Å². The van der Waals surface area contributed by atoms with Gasteiger partial charge in [-0.25, -0.2) is 4.79 Å². The second kappa shape index (κ2) is 4.57. The summed E-state index contributed by atoms with van der Waals surface area (Å²) in [6, 6.07) is 8.96. The molecule has 0 aliphatic carbocycles. The Hall–Kier alpha value is -0.840. The molecule has 2 aromatic rings. The normalized spacial score (nSPS) is 10.4. The Labute approximate surface area is 110 Å². The summed E-state index contributed by atoms with van der Waals surface area (Å²) in [6.45, 7) is 0. The fraction of sp³-hybridized carbons (Fsp3) is 0. The number of aromatic carboxylic acids is 1. The van der Waals surface area contributed by atoms with Gasteiger partial charge in [-0.3, -0.25) is 0 Å². The lowest BCUT2D eigenvalue weighted by Gasteiger charge is -1.99. The van der Waals surface area contributed by atoms with Crippen molar-refractivity contribution >= 4 is 44.8 Å². The highest BCUT2D eigenvalue weighted by molar-refractivity contribution is 9.11. The second-order valence-electron chi connectivity index (χ2n) is 3.11. The first-order chi connectivity index (χ1) is 7.58. The van der Waals surface area contributed by atoms with Gasteiger partial charge in [0.25, 0.3) is 0 Å². The van der Waals surface area contributed by atoms with E-state index in [4.69, 9.17) is 16.7 Å². The summed E-state index contributed by atoms with van der Waals surface area (Å²) in [5.41, 5.74) is 1.76. The van der Waals surface area contributed by atoms with E-state index in [1.165, 1.54) is 11.3 Å². The van der Waals surface area contributed by atoms with Crippen LogP contribution in [0.1, 0.15) is 9.67 Å². The van der Waals surface area contributed by atoms with Crippen LogP contribution in [0.4, 0.5) is 0 Å². The van der Waals surface area contributed by atoms with Gasteiger partial charge < -0.3 is 5.11 Å². The lowest BCUT2D eigenvalue weighted by Crippen LogP contribution is -1.89. The Morgan fingerprint density at radius 1 is 1.38 bits per heavy atom. The van der Waals surface area contributed by atoms with E-state index in [1.807, 2.05) is 12.1 Å². The molecule has 1 heterocycles. The SMILES string of the molecule is O=C(O)c1cc(-c2cccc(Cl)c2)c(Br)s1. The van der Waals surface area contributed by atoms with Crippen LogP contribution in [-0.4, -0.2) is 11.1 Å². The molecule has 0 spiro atoms. The zero-order valence-corrected chi connectivity index (χ0v) is 11.1. The van der Waals surface area contributed by atoms with Gasteiger partial charge in [-0.05, 0) is 39.7 Å². The fourth-order valence-electron chi connectivity index (χ4n) is 1.33. The number of hydrogen-bond donors (Lipinski definition) is 1. The minimum absolute atomic E-state index is 0.307. The maximum Gasteiger partial charge on any atom is 0.345 e. The zero-order chi connectivity index (χ0) is 11.7. The molecule has 0 bridgehead atoms. The Bertz CT molecular complexity index is 551. The summed E-state index contributed by atoms with van der Waals surface area (Å²) >= 11 is 10.4. The quantitative estimate of drug-likeness (QED) is 0.883. The number of carboxylic acids is 1. The van der Waals surface area contributed by atoms with Crippen LogP contribution < -0.4 is 0 Å². The van der Waals surface area contributed by atoms with Gasteiger partial charge in [0.15, 0.2) is 0 Å². The molecule has 0 saturated heterocycles. The van der Waals surface area contributed by atoms with Crippen LogP contribution in [-0.2, 0) is 0 Å². The van der Waals surface area contributed by atoms with Crippen molar-refractivity contribution in [2.75, 3.05) is 0 Å². The van der Waals surface area contributed by atoms with Crippen molar-refractivity contribution in [3.8, 4) is 11.1 Å². The number of hydrogen-bond acceptors (Lipinski definition) is 2. The van der Waals surface area contributed by atoms with Gasteiger partial charge in [0, 0.05) is 10.6 Å². The Morgan fingerprint density at radius 3 is 2.69 bits per heavy atom. The van der Waals surface area contributed by atoms with Crippen molar-refractivity contribution in [2.45, 2.75) is 0 Å². The van der Waals surface area contributed by atoms with Crippen molar-refractivity contribution < 1.29 is 9.90 Å². The van der Waals surface area contributed by atoms with Crippen molar-refractivity contribution in [1.82, 2.24) is 0 Å². The highest BCUT2D eigenvalue weighted by Gasteiger charge is 2.13. The Kier molecular flexibility index (Phi) is 3.33. The number of benzene rings is 1. The molecule has 5 heteroatoms. The topological polar surface area (TPSA) is 37.3 Å². The standard InChI is InChI=1S/C11H6BrClO2S/c12-10-8(5-9(16-10)11(14)15)6-2-1-3-7(13)4-6/h1-5H,(H,14,15). The summed E-state index contributed by atoms with van der Waals surface area (Å²) in [5, 5.41) is 9.52. The molecule has 0 aliphatic rings. The molecule has 82 valence electrons. The first kappa shape index (κ1) is 11.6. The molecule has 2 nitrogen and oxygen atoms in total. The van der Waals surface area contributed by atoms with Gasteiger partial charge in [-0.2, -0.15) is 0 Å². The van der Waals surface area contributed by atoms with Gasteiger partial charge in [0.2, 0.25) is 0 Å². The highest BCUT2D eigenvalue weighted by atomic mass is 79.9. The smallest absolute Gasteiger partial charge is 0.345 e. The van der Waals surface area contributed by atoms with Crippen LogP contribution in [0.25, 0.3) is 11.1 Å². The van der Waals surface area contributed by atoms with Crippen molar-refractivity contribution in [3.63, 3.8) is 0 Å². The predicted molar refractivity (Wildman–Crippen MR) is 69.4 cm³/mol. The summed E-state index contributed by atoms with van der Waals surface area (Å²) < 4.78 is 0.798. The molecule has 1 aromatic carbocycles. The van der Waals surface area contributed by atoms with Crippen molar-refractivity contribution in [3.05, 3.63) is 44.0 Å². The number of halogens is 2. The van der Waals surface area contributed by atoms with E-state index >= 15 is 0 Å². The third-order valence-electron chi connectivity index (χ3n) is 2.03. The van der Waals surface area contributed by atoms with E-state index in [0.29, 0.717) is 9.90 Å². The van der Waals surface area contributed by atoms with E-state index in [1.54, 1.807) is 18.2 Å². The van der Waals surface area contributed by atoms with Crippen LogP contribution >= 0.6 is 38.9 Å². The molecule has 2 rings (SSSR count). The number of thiophene rings is 1. The van der Waals surface area contributed by atoms with Crippen molar-refractivity contribution in [2.24, 2.45) is 0 Å². The van der Waals surface area contributed by atoms with Gasteiger partial charge >= 0.3 is 5.97 Å². The zero-order valence-electron chi connectivity index (χ0n) is 7.91. The van der Waals surface area contributed by atoms with Crippen LogP contribution in [0, 0.1) is 0 Å². The first-order valence-electron chi connectivity index (χ1n) is 4.36. The molecule has 0 fully saturated rings. The minimum Gasteiger partial charge on any atom is -0.477 e. The molecular formula is C11H6BrClO2S. The molecule has 1 N–H and O–H groups in total. The first-order valence-corrected chi connectivity index (χ1v) is 6.35. The van der Waals surface area contributed by atoms with E-state index < -0.39 is 5.97 Å². The second-order valence-corrected chi connectivity index (χ2v) is 5.92. The third-order valence-corrected chi connectivity index (χ3v) is 4.09. The number of carbonyl (C=O) groups is 1. The highest BCUT2D eigenvalue weighted by Crippen LogP contribution is 2.36. The monoisotopic (exact) mass is 316 g/mol. The molecule has 0 aliphatic heterocycles. The molecule has 0 saturated carbocycles. The van der Waals surface area contributed by atoms with Crippen LogP contribution in [0.15, 0.2) is 34.1 Å². The summed E-state index contributed by atoms with van der Waals surface area (Å²) in [6.07, 6.45) is 0. The molecule has 0 radical (unpaired) electrons. The summed E-state index contributed by atoms with van der Waals surface area (Å²) in [5.74, 6) is -0.918. The maximum atomic E-state index is 10.8. The van der Waals surface area contributed by atoms with E-state index in [-0.39, 0.29) is 0 Å². The average molecular weight is 318 g/mol. The van der Waals surface area contributed by atoms with Gasteiger partial charge in [0.05, 0.1) is 3.79 Å². The molecule has 16 heavy (non-hydrogen) atoms. The van der Waals surface area contributed by atoms with Gasteiger partial charge in [0.1, 0.15) is 4.88 Å². The molecule has 0 amide bonds. The summed E-state index contributed by atoms with van der Waals surface area (Å²) in [7, 11) is 0. The predicted octanol–water partition coefficient (Wildman–Crippen LogP) is 4.53.